The van der Waals surface area contributed by atoms with Crippen molar-refractivity contribution in [1.82, 2.24) is 10.1 Å². The minimum Gasteiger partial charge on any atom is -0.334 e. The molecule has 4 nitrogen and oxygen atoms in total. The SMILES string of the molecule is CCC(N)(CC)c1noc(-c2ccccc2C)n1. The molecule has 1 heterocycles. The van der Waals surface area contributed by atoms with Crippen LogP contribution in [0, 0.1) is 6.92 Å². The van der Waals surface area contributed by atoms with Crippen LogP contribution >= 0.6 is 0 Å². The maximum atomic E-state index is 6.26. The summed E-state index contributed by atoms with van der Waals surface area (Å²) in [6.07, 6.45) is 1.58. The molecule has 0 saturated carbocycles. The first-order valence-corrected chi connectivity index (χ1v) is 6.29. The first kappa shape index (κ1) is 12.8. The van der Waals surface area contributed by atoms with Crippen LogP contribution in [0.25, 0.3) is 11.5 Å². The summed E-state index contributed by atoms with van der Waals surface area (Å²) in [7, 11) is 0. The normalized spacial score (nSPS) is 11.8. The first-order chi connectivity index (χ1) is 8.60. The summed E-state index contributed by atoms with van der Waals surface area (Å²) in [4.78, 5) is 4.45. The fourth-order valence-corrected chi connectivity index (χ4v) is 1.91. The molecular weight excluding hydrogens is 226 g/mol. The largest absolute Gasteiger partial charge is 0.334 e. The molecule has 0 aliphatic heterocycles. The van der Waals surface area contributed by atoms with E-state index in [1.807, 2.05) is 45.0 Å². The fraction of sp³-hybridized carbons (Fsp3) is 0.429. The lowest BCUT2D eigenvalue weighted by Crippen LogP contribution is -2.36. The second kappa shape index (κ2) is 4.90. The highest BCUT2D eigenvalue weighted by molar-refractivity contribution is 5.57. The number of benzene rings is 1. The van der Waals surface area contributed by atoms with Crippen molar-refractivity contribution in [3.8, 4) is 11.5 Å². The Kier molecular flexibility index (Phi) is 3.48. The van der Waals surface area contributed by atoms with Crippen LogP contribution in [0.15, 0.2) is 28.8 Å². The first-order valence-electron chi connectivity index (χ1n) is 6.29. The molecule has 96 valence electrons. The third-order valence-corrected chi connectivity index (χ3v) is 3.51. The Hall–Kier alpha value is -1.68. The predicted molar refractivity (Wildman–Crippen MR) is 70.9 cm³/mol. The van der Waals surface area contributed by atoms with Crippen molar-refractivity contribution in [2.75, 3.05) is 0 Å². The summed E-state index contributed by atoms with van der Waals surface area (Å²) in [5.74, 6) is 1.13. The van der Waals surface area contributed by atoms with Crippen molar-refractivity contribution in [3.63, 3.8) is 0 Å². The molecule has 0 aliphatic rings. The number of hydrogen-bond donors (Lipinski definition) is 1. The zero-order chi connectivity index (χ0) is 13.2. The van der Waals surface area contributed by atoms with Gasteiger partial charge in [0.25, 0.3) is 5.89 Å². The van der Waals surface area contributed by atoms with E-state index in [0.717, 1.165) is 24.0 Å². The maximum Gasteiger partial charge on any atom is 0.258 e. The van der Waals surface area contributed by atoms with Gasteiger partial charge in [0.2, 0.25) is 0 Å². The van der Waals surface area contributed by atoms with Gasteiger partial charge in [0, 0.05) is 5.56 Å². The smallest absolute Gasteiger partial charge is 0.258 e. The van der Waals surface area contributed by atoms with Crippen LogP contribution in [0.3, 0.4) is 0 Å². The van der Waals surface area contributed by atoms with Gasteiger partial charge in [0.05, 0.1) is 5.54 Å². The summed E-state index contributed by atoms with van der Waals surface area (Å²) < 4.78 is 5.34. The molecule has 0 atom stereocenters. The molecule has 0 aliphatic carbocycles. The molecule has 2 N–H and O–H groups in total. The molecule has 0 radical (unpaired) electrons. The van der Waals surface area contributed by atoms with Crippen molar-refractivity contribution in [3.05, 3.63) is 35.7 Å². The quantitative estimate of drug-likeness (QED) is 0.899. The van der Waals surface area contributed by atoms with Crippen LogP contribution in [0.2, 0.25) is 0 Å². The molecule has 1 aromatic heterocycles. The Morgan fingerprint density at radius 3 is 2.50 bits per heavy atom. The fourth-order valence-electron chi connectivity index (χ4n) is 1.91. The molecule has 0 spiro atoms. The van der Waals surface area contributed by atoms with Crippen LogP contribution in [-0.2, 0) is 5.54 Å². The molecule has 4 heteroatoms. The van der Waals surface area contributed by atoms with E-state index in [9.17, 15) is 0 Å². The topological polar surface area (TPSA) is 64.9 Å². The summed E-state index contributed by atoms with van der Waals surface area (Å²) in [5.41, 5.74) is 7.84. The van der Waals surface area contributed by atoms with Crippen molar-refractivity contribution >= 4 is 0 Å². The summed E-state index contributed by atoms with van der Waals surface area (Å²) >= 11 is 0. The molecule has 0 fully saturated rings. The van der Waals surface area contributed by atoms with Crippen molar-refractivity contribution in [2.45, 2.75) is 39.2 Å². The van der Waals surface area contributed by atoms with Gasteiger partial charge in [-0.15, -0.1) is 0 Å². The molecular formula is C14H19N3O. The van der Waals surface area contributed by atoms with Gasteiger partial charge >= 0.3 is 0 Å². The lowest BCUT2D eigenvalue weighted by atomic mass is 9.93. The zero-order valence-electron chi connectivity index (χ0n) is 11.1. The number of aromatic nitrogens is 2. The van der Waals surface area contributed by atoms with E-state index in [-0.39, 0.29) is 0 Å². The summed E-state index contributed by atoms with van der Waals surface area (Å²) in [6, 6.07) is 7.94. The highest BCUT2D eigenvalue weighted by Crippen LogP contribution is 2.27. The summed E-state index contributed by atoms with van der Waals surface area (Å²) in [5, 5.41) is 4.04. The lowest BCUT2D eigenvalue weighted by Gasteiger charge is -2.21. The Balaban J connectivity index is 2.40. The Morgan fingerprint density at radius 2 is 1.89 bits per heavy atom. The van der Waals surface area contributed by atoms with Crippen molar-refractivity contribution in [1.29, 1.82) is 0 Å². The number of hydrogen-bond acceptors (Lipinski definition) is 4. The van der Waals surface area contributed by atoms with E-state index in [4.69, 9.17) is 10.3 Å². The van der Waals surface area contributed by atoms with Crippen LogP contribution < -0.4 is 5.73 Å². The average molecular weight is 245 g/mol. The van der Waals surface area contributed by atoms with Gasteiger partial charge in [0.15, 0.2) is 5.82 Å². The third kappa shape index (κ3) is 2.16. The molecule has 0 unspecified atom stereocenters. The van der Waals surface area contributed by atoms with Crippen molar-refractivity contribution in [2.24, 2.45) is 5.73 Å². The van der Waals surface area contributed by atoms with Gasteiger partial charge in [-0.25, -0.2) is 0 Å². The molecule has 0 saturated heterocycles. The number of aryl methyl sites for hydroxylation is 1. The zero-order valence-corrected chi connectivity index (χ0v) is 11.1. The monoisotopic (exact) mass is 245 g/mol. The van der Waals surface area contributed by atoms with E-state index >= 15 is 0 Å². The number of nitrogens with zero attached hydrogens (tertiary/aromatic N) is 2. The van der Waals surface area contributed by atoms with Gasteiger partial charge in [-0.2, -0.15) is 4.98 Å². The van der Waals surface area contributed by atoms with Gasteiger partial charge in [0.1, 0.15) is 0 Å². The van der Waals surface area contributed by atoms with E-state index in [1.165, 1.54) is 0 Å². The highest BCUT2D eigenvalue weighted by atomic mass is 16.5. The van der Waals surface area contributed by atoms with Gasteiger partial charge in [-0.1, -0.05) is 37.2 Å². The molecule has 0 bridgehead atoms. The summed E-state index contributed by atoms with van der Waals surface area (Å²) in [6.45, 7) is 6.09. The number of nitrogens with two attached hydrogens (primary N) is 1. The third-order valence-electron chi connectivity index (χ3n) is 3.51. The van der Waals surface area contributed by atoms with Crippen LogP contribution in [0.4, 0.5) is 0 Å². The van der Waals surface area contributed by atoms with E-state index in [2.05, 4.69) is 10.1 Å². The molecule has 1 aromatic carbocycles. The minimum atomic E-state index is -0.496. The van der Waals surface area contributed by atoms with E-state index in [1.54, 1.807) is 0 Å². The van der Waals surface area contributed by atoms with Crippen molar-refractivity contribution < 1.29 is 4.52 Å². The van der Waals surface area contributed by atoms with Gasteiger partial charge in [-0.3, -0.25) is 0 Å². The Morgan fingerprint density at radius 1 is 1.22 bits per heavy atom. The van der Waals surface area contributed by atoms with E-state index < -0.39 is 5.54 Å². The second-order valence-corrected chi connectivity index (χ2v) is 4.60. The highest BCUT2D eigenvalue weighted by Gasteiger charge is 2.29. The number of rotatable bonds is 4. The molecule has 2 aromatic rings. The Bertz CT molecular complexity index is 529. The second-order valence-electron chi connectivity index (χ2n) is 4.60. The molecule has 0 amide bonds. The maximum absolute atomic E-state index is 6.26. The van der Waals surface area contributed by atoms with Crippen LogP contribution in [0.5, 0.6) is 0 Å². The average Bonchev–Trinajstić information content (AvgIpc) is 2.88. The Labute approximate surface area is 107 Å². The molecule has 2 rings (SSSR count). The van der Waals surface area contributed by atoms with Crippen LogP contribution in [-0.4, -0.2) is 10.1 Å². The van der Waals surface area contributed by atoms with Crippen LogP contribution in [0.1, 0.15) is 38.1 Å². The minimum absolute atomic E-state index is 0.496. The van der Waals surface area contributed by atoms with Gasteiger partial charge < -0.3 is 10.3 Å². The van der Waals surface area contributed by atoms with E-state index in [0.29, 0.717) is 11.7 Å². The predicted octanol–water partition coefficient (Wildman–Crippen LogP) is 3.02. The standard InChI is InChI=1S/C14H19N3O/c1-4-14(15,5-2)13-16-12(18-17-13)11-9-7-6-8-10(11)3/h6-9H,4-5,15H2,1-3H3. The molecule has 18 heavy (non-hydrogen) atoms. The van der Waals surface area contributed by atoms with Gasteiger partial charge in [-0.05, 0) is 31.4 Å². The lowest BCUT2D eigenvalue weighted by molar-refractivity contribution is 0.350.